The molecular formula is C12H13NO3. The van der Waals surface area contributed by atoms with E-state index in [1.807, 2.05) is 24.3 Å². The van der Waals surface area contributed by atoms with E-state index in [1.54, 1.807) is 6.26 Å². The van der Waals surface area contributed by atoms with Crippen molar-refractivity contribution < 1.29 is 14.3 Å². The summed E-state index contributed by atoms with van der Waals surface area (Å²) in [5.74, 6) is -0.780. The number of nitrogens with one attached hydrogen (secondary N) is 1. The van der Waals surface area contributed by atoms with Crippen LogP contribution in [-0.4, -0.2) is 17.6 Å². The number of carbonyl (C=O) groups is 1. The van der Waals surface area contributed by atoms with Gasteiger partial charge in [0.05, 0.1) is 12.7 Å². The van der Waals surface area contributed by atoms with Crippen molar-refractivity contribution >= 4 is 16.9 Å². The van der Waals surface area contributed by atoms with Crippen LogP contribution in [0, 0.1) is 0 Å². The van der Waals surface area contributed by atoms with Crippen molar-refractivity contribution in [2.45, 2.75) is 13.0 Å². The van der Waals surface area contributed by atoms with Crippen LogP contribution in [0.4, 0.5) is 0 Å². The lowest BCUT2D eigenvalue weighted by Gasteiger charge is -2.03. The van der Waals surface area contributed by atoms with Gasteiger partial charge in [0.25, 0.3) is 0 Å². The molecule has 0 amide bonds. The first-order chi connectivity index (χ1) is 7.75. The van der Waals surface area contributed by atoms with Crippen molar-refractivity contribution in [2.75, 3.05) is 6.54 Å². The predicted octanol–water partition coefficient (Wildman–Crippen LogP) is 2.00. The summed E-state index contributed by atoms with van der Waals surface area (Å²) in [5, 5.41) is 12.6. The summed E-state index contributed by atoms with van der Waals surface area (Å²) in [6.07, 6.45) is 1.81. The predicted molar refractivity (Wildman–Crippen MR) is 60.2 cm³/mol. The third-order valence-corrected chi connectivity index (χ3v) is 2.36. The Bertz CT molecular complexity index is 490. The second-order valence-electron chi connectivity index (χ2n) is 3.61. The van der Waals surface area contributed by atoms with Gasteiger partial charge >= 0.3 is 5.97 Å². The standard InChI is InChI=1S/C12H13NO3/c14-12(15)3-5-13-8-9-1-2-11-10(7-9)4-6-16-11/h1-2,4,6-7,13H,3,5,8H2,(H,14,15). The molecule has 4 heteroatoms. The summed E-state index contributed by atoms with van der Waals surface area (Å²) in [6.45, 7) is 1.16. The Morgan fingerprint density at radius 3 is 3.06 bits per heavy atom. The smallest absolute Gasteiger partial charge is 0.304 e. The molecule has 0 bridgehead atoms. The SMILES string of the molecule is O=C(O)CCNCc1ccc2occc2c1. The fourth-order valence-electron chi connectivity index (χ4n) is 1.55. The molecule has 0 saturated heterocycles. The highest BCUT2D eigenvalue weighted by atomic mass is 16.4. The largest absolute Gasteiger partial charge is 0.481 e. The molecule has 0 aliphatic heterocycles. The van der Waals surface area contributed by atoms with Crippen LogP contribution in [0.3, 0.4) is 0 Å². The molecule has 0 atom stereocenters. The molecule has 0 aliphatic carbocycles. The number of carboxylic acid groups (broad SMARTS) is 1. The average Bonchev–Trinajstić information content (AvgIpc) is 2.71. The number of benzene rings is 1. The topological polar surface area (TPSA) is 62.5 Å². The third kappa shape index (κ3) is 2.61. The van der Waals surface area contributed by atoms with Crippen LogP contribution in [0.1, 0.15) is 12.0 Å². The summed E-state index contributed by atoms with van der Waals surface area (Å²) < 4.78 is 5.23. The molecule has 0 spiro atoms. The van der Waals surface area contributed by atoms with Gasteiger partial charge < -0.3 is 14.8 Å². The van der Waals surface area contributed by atoms with E-state index < -0.39 is 5.97 Å². The lowest BCUT2D eigenvalue weighted by molar-refractivity contribution is -0.136. The minimum absolute atomic E-state index is 0.147. The molecule has 1 heterocycles. The van der Waals surface area contributed by atoms with Gasteiger partial charge in [-0.1, -0.05) is 6.07 Å². The van der Waals surface area contributed by atoms with Gasteiger partial charge in [0.15, 0.2) is 0 Å². The van der Waals surface area contributed by atoms with Crippen molar-refractivity contribution in [1.29, 1.82) is 0 Å². The number of aliphatic carboxylic acids is 1. The molecule has 0 aliphatic rings. The second kappa shape index (κ2) is 4.81. The van der Waals surface area contributed by atoms with Gasteiger partial charge in [-0.25, -0.2) is 0 Å². The Morgan fingerprint density at radius 2 is 2.25 bits per heavy atom. The normalized spacial score (nSPS) is 10.8. The number of furan rings is 1. The van der Waals surface area contributed by atoms with E-state index in [-0.39, 0.29) is 6.42 Å². The van der Waals surface area contributed by atoms with Gasteiger partial charge in [-0.15, -0.1) is 0 Å². The molecule has 0 saturated carbocycles. The van der Waals surface area contributed by atoms with E-state index in [2.05, 4.69) is 5.32 Å². The Kier molecular flexibility index (Phi) is 3.22. The van der Waals surface area contributed by atoms with Crippen molar-refractivity contribution in [3.05, 3.63) is 36.1 Å². The molecule has 0 radical (unpaired) electrons. The maximum Gasteiger partial charge on any atom is 0.304 e. The van der Waals surface area contributed by atoms with Crippen LogP contribution in [-0.2, 0) is 11.3 Å². The fourth-order valence-corrected chi connectivity index (χ4v) is 1.55. The van der Waals surface area contributed by atoms with Crippen LogP contribution in [0.2, 0.25) is 0 Å². The minimum atomic E-state index is -0.780. The van der Waals surface area contributed by atoms with Gasteiger partial charge in [0.1, 0.15) is 5.58 Å². The van der Waals surface area contributed by atoms with E-state index in [4.69, 9.17) is 9.52 Å². The van der Waals surface area contributed by atoms with Gasteiger partial charge in [-0.2, -0.15) is 0 Å². The molecule has 2 N–H and O–H groups in total. The van der Waals surface area contributed by atoms with Gasteiger partial charge in [-0.05, 0) is 23.8 Å². The molecule has 1 aromatic heterocycles. The summed E-state index contributed by atoms with van der Waals surface area (Å²) in [6, 6.07) is 7.84. The Morgan fingerprint density at radius 1 is 1.38 bits per heavy atom. The minimum Gasteiger partial charge on any atom is -0.481 e. The third-order valence-electron chi connectivity index (χ3n) is 2.36. The Balaban J connectivity index is 1.91. The number of fused-ring (bicyclic) bond motifs is 1. The molecule has 2 aromatic rings. The van der Waals surface area contributed by atoms with Crippen molar-refractivity contribution in [3.63, 3.8) is 0 Å². The Labute approximate surface area is 92.9 Å². The van der Waals surface area contributed by atoms with E-state index in [0.29, 0.717) is 13.1 Å². The zero-order valence-corrected chi connectivity index (χ0v) is 8.77. The Hall–Kier alpha value is -1.81. The molecule has 4 nitrogen and oxygen atoms in total. The number of rotatable bonds is 5. The van der Waals surface area contributed by atoms with Crippen LogP contribution in [0.5, 0.6) is 0 Å². The highest BCUT2D eigenvalue weighted by Crippen LogP contribution is 2.16. The number of hydrogen-bond donors (Lipinski definition) is 2. The van der Waals surface area contributed by atoms with Crippen LogP contribution < -0.4 is 5.32 Å². The number of carboxylic acids is 1. The lowest BCUT2D eigenvalue weighted by Crippen LogP contribution is -2.17. The monoisotopic (exact) mass is 219 g/mol. The first kappa shape index (κ1) is 10.7. The lowest BCUT2D eigenvalue weighted by atomic mass is 10.1. The zero-order valence-electron chi connectivity index (χ0n) is 8.77. The zero-order chi connectivity index (χ0) is 11.4. The summed E-state index contributed by atoms with van der Waals surface area (Å²) in [7, 11) is 0. The van der Waals surface area contributed by atoms with E-state index in [9.17, 15) is 4.79 Å². The fraction of sp³-hybridized carbons (Fsp3) is 0.250. The van der Waals surface area contributed by atoms with Gasteiger partial charge in [0.2, 0.25) is 0 Å². The summed E-state index contributed by atoms with van der Waals surface area (Å²) in [5.41, 5.74) is 1.99. The highest BCUT2D eigenvalue weighted by Gasteiger charge is 1.99. The highest BCUT2D eigenvalue weighted by molar-refractivity contribution is 5.77. The van der Waals surface area contributed by atoms with Crippen molar-refractivity contribution in [2.24, 2.45) is 0 Å². The quantitative estimate of drug-likeness (QED) is 0.755. The van der Waals surface area contributed by atoms with Crippen molar-refractivity contribution in [1.82, 2.24) is 5.32 Å². The molecule has 0 fully saturated rings. The first-order valence-corrected chi connectivity index (χ1v) is 5.14. The molecule has 1 aromatic carbocycles. The van der Waals surface area contributed by atoms with E-state index in [1.165, 1.54) is 0 Å². The van der Waals surface area contributed by atoms with Gasteiger partial charge in [0, 0.05) is 18.5 Å². The maximum atomic E-state index is 10.3. The summed E-state index contributed by atoms with van der Waals surface area (Å²) in [4.78, 5) is 10.3. The van der Waals surface area contributed by atoms with Crippen LogP contribution in [0.15, 0.2) is 34.9 Å². The van der Waals surface area contributed by atoms with Crippen molar-refractivity contribution in [3.8, 4) is 0 Å². The average molecular weight is 219 g/mol. The molecular weight excluding hydrogens is 206 g/mol. The molecule has 84 valence electrons. The van der Waals surface area contributed by atoms with Crippen LogP contribution >= 0.6 is 0 Å². The van der Waals surface area contributed by atoms with E-state index >= 15 is 0 Å². The molecule has 0 unspecified atom stereocenters. The maximum absolute atomic E-state index is 10.3. The number of hydrogen-bond acceptors (Lipinski definition) is 3. The van der Waals surface area contributed by atoms with Gasteiger partial charge in [-0.3, -0.25) is 4.79 Å². The second-order valence-corrected chi connectivity index (χ2v) is 3.61. The first-order valence-electron chi connectivity index (χ1n) is 5.14. The molecule has 2 rings (SSSR count). The summed E-state index contributed by atoms with van der Waals surface area (Å²) >= 11 is 0. The van der Waals surface area contributed by atoms with E-state index in [0.717, 1.165) is 16.5 Å². The molecule has 16 heavy (non-hydrogen) atoms. The van der Waals surface area contributed by atoms with Crippen LogP contribution in [0.25, 0.3) is 11.0 Å².